The Bertz CT molecular complexity index is 708. The normalized spacial score (nSPS) is 12.8. The molecule has 0 unspecified atom stereocenters. The monoisotopic (exact) mass is 359 g/mol. The Morgan fingerprint density at radius 1 is 0.917 bits per heavy atom. The van der Waals surface area contributed by atoms with Crippen LogP contribution >= 0.6 is 0 Å². The molecular weight excluding hydrogens is 334 g/mol. The van der Waals surface area contributed by atoms with Crippen LogP contribution in [0.5, 0.6) is 6.01 Å². The van der Waals surface area contributed by atoms with E-state index < -0.39 is 16.6 Å². The molecule has 1 heterocycles. The number of nitrogens with zero attached hydrogens (tertiary/aromatic N) is 3. The first-order chi connectivity index (χ1) is 11.1. The average molecular weight is 360 g/mol. The molecule has 0 amide bonds. The van der Waals surface area contributed by atoms with Crippen LogP contribution in [0.15, 0.2) is 47.6 Å². The van der Waals surface area contributed by atoms with Crippen LogP contribution in [0.4, 0.5) is 5.82 Å². The molecule has 0 saturated heterocycles. The molecule has 24 heavy (non-hydrogen) atoms. The van der Waals surface area contributed by atoms with E-state index in [9.17, 15) is 0 Å². The van der Waals surface area contributed by atoms with Gasteiger partial charge in [0.25, 0.3) is 0 Å². The summed E-state index contributed by atoms with van der Waals surface area (Å²) in [6, 6.07) is 12.0. The molecule has 0 spiro atoms. The molecule has 0 saturated carbocycles. The maximum Gasteiger partial charge on any atom is 0.304 e. The van der Waals surface area contributed by atoms with Crippen molar-refractivity contribution in [1.29, 1.82) is 0 Å². The van der Waals surface area contributed by atoms with Crippen molar-refractivity contribution in [1.82, 2.24) is 9.97 Å². The van der Waals surface area contributed by atoms with Crippen molar-refractivity contribution in [2.24, 2.45) is 4.99 Å². The van der Waals surface area contributed by atoms with E-state index in [2.05, 4.69) is 54.2 Å². The zero-order valence-electron chi connectivity index (χ0n) is 15.2. The summed E-state index contributed by atoms with van der Waals surface area (Å²) in [5.41, 5.74) is 0.936. The fourth-order valence-corrected chi connectivity index (χ4v) is 3.23. The van der Waals surface area contributed by atoms with Crippen molar-refractivity contribution in [3.05, 3.63) is 48.2 Å². The van der Waals surface area contributed by atoms with Crippen molar-refractivity contribution in [2.45, 2.75) is 39.3 Å². The molecule has 0 aliphatic heterocycles. The van der Waals surface area contributed by atoms with Crippen molar-refractivity contribution in [3.8, 4) is 6.01 Å². The second-order valence-corrected chi connectivity index (χ2v) is 16.3. The Kier molecular flexibility index (Phi) is 5.56. The molecule has 5 nitrogen and oxygen atoms in total. The van der Waals surface area contributed by atoms with Gasteiger partial charge >= 0.3 is 6.01 Å². The number of aromatic nitrogens is 2. The lowest BCUT2D eigenvalue weighted by Gasteiger charge is -2.21. The molecule has 2 aromatic rings. The van der Waals surface area contributed by atoms with Crippen molar-refractivity contribution >= 4 is 28.4 Å². The van der Waals surface area contributed by atoms with Crippen LogP contribution in [0.2, 0.25) is 39.3 Å². The van der Waals surface area contributed by atoms with E-state index in [0.29, 0.717) is 17.7 Å². The van der Waals surface area contributed by atoms with E-state index in [0.717, 1.165) is 5.56 Å². The molecule has 0 bridgehead atoms. The minimum Gasteiger partial charge on any atom is -0.531 e. The third-order valence-corrected chi connectivity index (χ3v) is 4.26. The topological polar surface area (TPSA) is 56.6 Å². The molecule has 0 N–H and O–H groups in total. The molecule has 1 aromatic carbocycles. The summed E-state index contributed by atoms with van der Waals surface area (Å²) >= 11 is 0. The van der Waals surface area contributed by atoms with Gasteiger partial charge in [-0.05, 0) is 51.4 Å². The molecule has 0 aliphatic rings. The highest BCUT2D eigenvalue weighted by atomic mass is 28.4. The van der Waals surface area contributed by atoms with E-state index in [1.807, 2.05) is 30.3 Å². The van der Waals surface area contributed by atoms with Gasteiger partial charge in [0.15, 0.2) is 5.82 Å². The number of benzene rings is 1. The minimum absolute atomic E-state index is 0.371. The lowest BCUT2D eigenvalue weighted by molar-refractivity contribution is 0.509. The van der Waals surface area contributed by atoms with E-state index >= 15 is 0 Å². The number of hydrogen-bond donors (Lipinski definition) is 0. The highest BCUT2D eigenvalue weighted by molar-refractivity contribution is 6.71. The van der Waals surface area contributed by atoms with E-state index in [-0.39, 0.29) is 0 Å². The Morgan fingerprint density at radius 3 is 2.17 bits per heavy atom. The maximum absolute atomic E-state index is 6.16. The predicted molar refractivity (Wildman–Crippen MR) is 103 cm³/mol. The first kappa shape index (κ1) is 18.3. The van der Waals surface area contributed by atoms with E-state index in [1.54, 1.807) is 12.3 Å². The summed E-state index contributed by atoms with van der Waals surface area (Å²) in [5, 5.41) is 0. The molecule has 1 aromatic heterocycles. The van der Waals surface area contributed by atoms with Crippen LogP contribution < -0.4 is 4.43 Å². The third-order valence-electron chi connectivity index (χ3n) is 2.66. The molecule has 0 fully saturated rings. The van der Waals surface area contributed by atoms with Gasteiger partial charge in [-0.3, -0.25) is 0 Å². The molecule has 7 heteroatoms. The summed E-state index contributed by atoms with van der Waals surface area (Å²) < 4.78 is 12.0. The van der Waals surface area contributed by atoms with Gasteiger partial charge in [0, 0.05) is 17.8 Å². The molecule has 0 aliphatic carbocycles. The predicted octanol–water partition coefficient (Wildman–Crippen LogP) is 4.62. The lowest BCUT2D eigenvalue weighted by Crippen LogP contribution is -2.30. The summed E-state index contributed by atoms with van der Waals surface area (Å²) in [5.74, 6) is 1.13. The van der Waals surface area contributed by atoms with Crippen molar-refractivity contribution < 1.29 is 8.85 Å². The Balaban J connectivity index is 2.37. The highest BCUT2D eigenvalue weighted by Crippen LogP contribution is 2.18. The van der Waals surface area contributed by atoms with Gasteiger partial charge in [-0.15, -0.1) is 0 Å². The molecular formula is C17H25N3O2Si2. The van der Waals surface area contributed by atoms with Gasteiger partial charge in [-0.1, -0.05) is 18.2 Å². The number of hydrogen-bond acceptors (Lipinski definition) is 5. The zero-order valence-corrected chi connectivity index (χ0v) is 17.2. The van der Waals surface area contributed by atoms with Crippen molar-refractivity contribution in [3.63, 3.8) is 0 Å². The number of rotatable bonds is 5. The van der Waals surface area contributed by atoms with Gasteiger partial charge in [0.05, 0.1) is 0 Å². The summed E-state index contributed by atoms with van der Waals surface area (Å²) in [4.78, 5) is 13.2. The summed E-state index contributed by atoms with van der Waals surface area (Å²) in [6.07, 6.45) is 1.67. The average Bonchev–Trinajstić information content (AvgIpc) is 2.45. The van der Waals surface area contributed by atoms with Crippen LogP contribution in [-0.4, -0.2) is 32.5 Å². The molecule has 0 radical (unpaired) electrons. The van der Waals surface area contributed by atoms with Crippen LogP contribution in [-0.2, 0) is 4.43 Å². The SMILES string of the molecule is C[Si](C)(C)OC(=Nc1ccnc(O[Si](C)(C)C)n1)c1ccccc1. The van der Waals surface area contributed by atoms with Gasteiger partial charge in [0.2, 0.25) is 22.5 Å². The second kappa shape index (κ2) is 7.27. The summed E-state index contributed by atoms with van der Waals surface area (Å²) in [7, 11) is -3.57. The van der Waals surface area contributed by atoms with Gasteiger partial charge in [-0.25, -0.2) is 4.98 Å². The van der Waals surface area contributed by atoms with Gasteiger partial charge in [0.1, 0.15) is 0 Å². The minimum atomic E-state index is -1.81. The van der Waals surface area contributed by atoms with Crippen LogP contribution in [0.25, 0.3) is 0 Å². The third kappa shape index (κ3) is 6.25. The quantitative estimate of drug-likeness (QED) is 0.444. The Morgan fingerprint density at radius 2 is 1.58 bits per heavy atom. The fourth-order valence-electron chi connectivity index (χ4n) is 1.84. The van der Waals surface area contributed by atoms with Gasteiger partial charge < -0.3 is 8.85 Å². The molecule has 2 rings (SSSR count). The van der Waals surface area contributed by atoms with Crippen LogP contribution in [0.1, 0.15) is 5.56 Å². The Hall–Kier alpha value is -2.00. The lowest BCUT2D eigenvalue weighted by atomic mass is 10.2. The fraction of sp³-hybridized carbons (Fsp3) is 0.353. The maximum atomic E-state index is 6.16. The highest BCUT2D eigenvalue weighted by Gasteiger charge is 2.21. The van der Waals surface area contributed by atoms with Crippen LogP contribution in [0.3, 0.4) is 0 Å². The zero-order chi connectivity index (χ0) is 17.8. The van der Waals surface area contributed by atoms with Crippen molar-refractivity contribution in [2.75, 3.05) is 0 Å². The number of aliphatic imine (C=N–C) groups is 1. The first-order valence-electron chi connectivity index (χ1n) is 7.98. The largest absolute Gasteiger partial charge is 0.531 e. The smallest absolute Gasteiger partial charge is 0.304 e. The molecule has 128 valence electrons. The molecule has 0 atom stereocenters. The summed E-state index contributed by atoms with van der Waals surface area (Å²) in [6.45, 7) is 12.7. The van der Waals surface area contributed by atoms with Crippen LogP contribution in [0, 0.1) is 0 Å². The van der Waals surface area contributed by atoms with Gasteiger partial charge in [-0.2, -0.15) is 9.98 Å². The van der Waals surface area contributed by atoms with E-state index in [4.69, 9.17) is 8.85 Å². The standard InChI is InChI=1S/C17H25N3O2Si2/c1-23(2,3)21-16(14-10-8-7-9-11-14)19-15-12-13-18-17(20-15)22-24(4,5)6/h7-13H,1-6H3. The first-order valence-corrected chi connectivity index (χ1v) is 14.8. The van der Waals surface area contributed by atoms with E-state index in [1.165, 1.54) is 0 Å². The Labute approximate surface area is 146 Å². The second-order valence-electron chi connectivity index (χ2n) is 7.41.